The SMILES string of the molecule is CCS(=O)(=O)O[Si](C)(C)[Si](C)(C)OS(=O)(=O)CC. The standard InChI is InChI=1S/C8H22O6S2Si2/c1-7-15(9,10)13-17(3,4)18(5,6)14-16(11,12)8-2/h7-8H2,1-6H3. The molecule has 0 saturated heterocycles. The molecule has 0 atom stereocenters. The van der Waals surface area contributed by atoms with E-state index < -0.39 is 35.9 Å². The Kier molecular flexibility index (Phi) is 5.79. The van der Waals surface area contributed by atoms with Gasteiger partial charge in [0.15, 0.2) is 0 Å². The van der Waals surface area contributed by atoms with Crippen LogP contribution in [0.4, 0.5) is 0 Å². The average molecular weight is 335 g/mol. The Morgan fingerprint density at radius 3 is 1.11 bits per heavy atom. The molecule has 0 N–H and O–H groups in total. The molecule has 0 aromatic rings. The Bertz CT molecular complexity index is 434. The van der Waals surface area contributed by atoms with E-state index >= 15 is 0 Å². The van der Waals surface area contributed by atoms with Crippen LogP contribution in [0.3, 0.4) is 0 Å². The molecule has 0 saturated carbocycles. The maximum atomic E-state index is 11.5. The van der Waals surface area contributed by atoms with Gasteiger partial charge in [-0.25, -0.2) is 16.8 Å². The zero-order valence-corrected chi connectivity index (χ0v) is 15.3. The zero-order valence-electron chi connectivity index (χ0n) is 11.7. The molecule has 0 unspecified atom stereocenters. The third-order valence-corrected chi connectivity index (χ3v) is 22.7. The first kappa shape index (κ1) is 18.3. The molecule has 0 heterocycles. The van der Waals surface area contributed by atoms with Crippen molar-refractivity contribution >= 4 is 35.9 Å². The van der Waals surface area contributed by atoms with E-state index in [1.54, 1.807) is 26.2 Å². The number of rotatable bonds is 7. The fourth-order valence-corrected chi connectivity index (χ4v) is 14.5. The highest BCUT2D eigenvalue weighted by Crippen LogP contribution is 2.25. The molecule has 18 heavy (non-hydrogen) atoms. The van der Waals surface area contributed by atoms with Gasteiger partial charge >= 0.3 is 0 Å². The maximum absolute atomic E-state index is 11.5. The van der Waals surface area contributed by atoms with E-state index in [-0.39, 0.29) is 11.5 Å². The molecule has 0 aliphatic rings. The van der Waals surface area contributed by atoms with E-state index in [9.17, 15) is 16.8 Å². The van der Waals surface area contributed by atoms with Crippen LogP contribution in [-0.2, 0) is 28.0 Å². The van der Waals surface area contributed by atoms with Crippen molar-refractivity contribution in [3.05, 3.63) is 0 Å². The Labute approximate surface area is 112 Å². The zero-order chi connectivity index (χ0) is 14.8. The summed E-state index contributed by atoms with van der Waals surface area (Å²) in [6.07, 6.45) is 0. The molecule has 10 heteroatoms. The normalized spacial score (nSPS) is 14.8. The van der Waals surface area contributed by atoms with Gasteiger partial charge in [0.1, 0.15) is 0 Å². The van der Waals surface area contributed by atoms with Crippen molar-refractivity contribution in [1.82, 2.24) is 0 Å². The van der Waals surface area contributed by atoms with Crippen LogP contribution in [0, 0.1) is 0 Å². The predicted molar refractivity (Wildman–Crippen MR) is 76.1 cm³/mol. The van der Waals surface area contributed by atoms with E-state index in [1.807, 2.05) is 0 Å². The second-order valence-corrected chi connectivity index (χ2v) is 22.9. The van der Waals surface area contributed by atoms with Crippen LogP contribution < -0.4 is 0 Å². The van der Waals surface area contributed by atoms with Crippen molar-refractivity contribution in [1.29, 1.82) is 0 Å². The highest BCUT2D eigenvalue weighted by Gasteiger charge is 2.50. The van der Waals surface area contributed by atoms with E-state index in [1.165, 1.54) is 13.8 Å². The molecule has 0 aromatic heterocycles. The van der Waals surface area contributed by atoms with E-state index in [0.717, 1.165) is 0 Å². The molecule has 0 aliphatic heterocycles. The summed E-state index contributed by atoms with van der Waals surface area (Å²) in [6.45, 7) is 9.68. The molecule has 0 bridgehead atoms. The van der Waals surface area contributed by atoms with Crippen molar-refractivity contribution in [3.63, 3.8) is 0 Å². The fraction of sp³-hybridized carbons (Fsp3) is 1.00. The highest BCUT2D eigenvalue weighted by molar-refractivity contribution is 7.89. The van der Waals surface area contributed by atoms with Gasteiger partial charge in [0.05, 0.1) is 11.5 Å². The summed E-state index contributed by atoms with van der Waals surface area (Å²) < 4.78 is 56.5. The van der Waals surface area contributed by atoms with Gasteiger partial charge in [0, 0.05) is 0 Å². The van der Waals surface area contributed by atoms with Gasteiger partial charge in [0.2, 0.25) is 15.7 Å². The lowest BCUT2D eigenvalue weighted by molar-refractivity contribution is 0.468. The molecule has 110 valence electrons. The largest absolute Gasteiger partial charge is 0.316 e. The molecule has 0 aromatic carbocycles. The lowest BCUT2D eigenvalue weighted by Crippen LogP contribution is -2.60. The molecule has 0 radical (unpaired) electrons. The maximum Gasteiger partial charge on any atom is 0.257 e. The second-order valence-electron chi connectivity index (χ2n) is 4.88. The van der Waals surface area contributed by atoms with E-state index in [4.69, 9.17) is 7.74 Å². The second kappa shape index (κ2) is 5.71. The molecular weight excluding hydrogens is 312 g/mol. The molecule has 0 fully saturated rings. The molecule has 0 spiro atoms. The summed E-state index contributed by atoms with van der Waals surface area (Å²) in [5.41, 5.74) is 0. The van der Waals surface area contributed by atoms with Gasteiger partial charge in [-0.2, -0.15) is 0 Å². The first-order valence-electron chi connectivity index (χ1n) is 5.65. The average Bonchev–Trinajstić information content (AvgIpc) is 2.14. The van der Waals surface area contributed by atoms with E-state index in [0.29, 0.717) is 0 Å². The van der Waals surface area contributed by atoms with Crippen molar-refractivity contribution in [3.8, 4) is 0 Å². The summed E-state index contributed by atoms with van der Waals surface area (Å²) in [7, 11) is -12.7. The van der Waals surface area contributed by atoms with Crippen molar-refractivity contribution in [2.24, 2.45) is 0 Å². The molecule has 0 rings (SSSR count). The van der Waals surface area contributed by atoms with Gasteiger partial charge < -0.3 is 7.74 Å². The highest BCUT2D eigenvalue weighted by atomic mass is 32.2. The summed E-state index contributed by atoms with van der Waals surface area (Å²) in [5.74, 6) is -0.261. The Morgan fingerprint density at radius 1 is 0.722 bits per heavy atom. The number of hydrogen-bond donors (Lipinski definition) is 0. The Morgan fingerprint density at radius 2 is 0.944 bits per heavy atom. The summed E-state index contributed by atoms with van der Waals surface area (Å²) in [4.78, 5) is 0. The minimum Gasteiger partial charge on any atom is -0.316 e. The molecule has 0 aliphatic carbocycles. The van der Waals surface area contributed by atoms with Crippen LogP contribution in [0.1, 0.15) is 13.8 Å². The van der Waals surface area contributed by atoms with Crippen LogP contribution in [0.2, 0.25) is 26.2 Å². The van der Waals surface area contributed by atoms with Crippen LogP contribution in [0.25, 0.3) is 0 Å². The first-order valence-corrected chi connectivity index (χ1v) is 15.6. The van der Waals surface area contributed by atoms with Gasteiger partial charge in [-0.3, -0.25) is 0 Å². The lowest BCUT2D eigenvalue weighted by Gasteiger charge is -2.34. The quantitative estimate of drug-likeness (QED) is 0.650. The van der Waals surface area contributed by atoms with Gasteiger partial charge in [-0.1, -0.05) is 0 Å². The van der Waals surface area contributed by atoms with Crippen LogP contribution in [0.15, 0.2) is 0 Å². The van der Waals surface area contributed by atoms with Gasteiger partial charge in [-0.05, 0) is 40.0 Å². The van der Waals surface area contributed by atoms with Crippen LogP contribution in [-0.4, -0.2) is 44.0 Å². The lowest BCUT2D eigenvalue weighted by atomic mass is 11.0. The fourth-order valence-electron chi connectivity index (χ4n) is 0.953. The topological polar surface area (TPSA) is 86.7 Å². The smallest absolute Gasteiger partial charge is 0.257 e. The molecule has 0 amide bonds. The first-order chi connectivity index (χ1) is 7.79. The summed E-state index contributed by atoms with van der Waals surface area (Å²) >= 11 is 0. The predicted octanol–water partition coefficient (Wildman–Crippen LogP) is 1.21. The molecule has 6 nitrogen and oxygen atoms in total. The summed E-state index contributed by atoms with van der Waals surface area (Å²) in [6, 6.07) is 0. The van der Waals surface area contributed by atoms with Crippen molar-refractivity contribution in [2.75, 3.05) is 11.5 Å². The molecular formula is C8H22O6S2Si2. The van der Waals surface area contributed by atoms with E-state index in [2.05, 4.69) is 0 Å². The van der Waals surface area contributed by atoms with Crippen LogP contribution >= 0.6 is 0 Å². The third-order valence-electron chi connectivity index (χ3n) is 2.83. The van der Waals surface area contributed by atoms with Crippen molar-refractivity contribution < 1.29 is 24.6 Å². The number of hydrogen-bond acceptors (Lipinski definition) is 6. The van der Waals surface area contributed by atoms with Crippen molar-refractivity contribution in [2.45, 2.75) is 40.0 Å². The van der Waals surface area contributed by atoms with Gasteiger partial charge in [-0.15, -0.1) is 0 Å². The Balaban J connectivity index is 5.21. The van der Waals surface area contributed by atoms with Crippen LogP contribution in [0.5, 0.6) is 0 Å². The monoisotopic (exact) mass is 334 g/mol. The third kappa shape index (κ3) is 5.09. The minimum absolute atomic E-state index is 0.131. The Hall–Kier alpha value is 0.254. The summed E-state index contributed by atoms with van der Waals surface area (Å²) in [5, 5.41) is 0. The van der Waals surface area contributed by atoms with Gasteiger partial charge in [0.25, 0.3) is 20.2 Å². The minimum atomic E-state index is -3.60.